The molecule has 4 rings (SSSR count). The number of benzene rings is 2. The number of hydrogen-bond donors (Lipinski definition) is 0. The number of aryl methyl sites for hydroxylation is 1. The van der Waals surface area contributed by atoms with Crippen LogP contribution in [0.15, 0.2) is 47.5 Å². The lowest BCUT2D eigenvalue weighted by atomic mass is 10.1. The van der Waals surface area contributed by atoms with E-state index in [-0.39, 0.29) is 35.1 Å². The molecule has 1 amide bonds. The van der Waals surface area contributed by atoms with Crippen LogP contribution in [0, 0.1) is 6.92 Å². The number of rotatable bonds is 4. The molecule has 2 fully saturated rings. The first kappa shape index (κ1) is 21.2. The Bertz CT molecular complexity index is 1130. The molecule has 0 spiro atoms. The summed E-state index contributed by atoms with van der Waals surface area (Å²) in [7, 11) is -1.57. The molecule has 0 bridgehead atoms. The Balaban J connectivity index is 1.69. The SMILES string of the molecule is COc1ccccc1CC(=O)N=C1S[C@H]2CS(=O)(=O)C[C@@H]2N1c1cc(Cl)ccc1C. The molecule has 2 heterocycles. The highest BCUT2D eigenvalue weighted by atomic mass is 35.5. The van der Waals surface area contributed by atoms with Gasteiger partial charge in [-0.05, 0) is 30.7 Å². The zero-order chi connectivity index (χ0) is 21.5. The number of ether oxygens (including phenoxy) is 1. The summed E-state index contributed by atoms with van der Waals surface area (Å²) in [6.45, 7) is 1.93. The van der Waals surface area contributed by atoms with E-state index in [1.165, 1.54) is 11.8 Å². The Labute approximate surface area is 185 Å². The van der Waals surface area contributed by atoms with Gasteiger partial charge in [0.2, 0.25) is 0 Å². The summed E-state index contributed by atoms with van der Waals surface area (Å²) in [6, 6.07) is 12.5. The van der Waals surface area contributed by atoms with Crippen molar-refractivity contribution in [1.82, 2.24) is 0 Å². The molecule has 2 aromatic rings. The van der Waals surface area contributed by atoms with Crippen LogP contribution in [-0.4, -0.2) is 49.4 Å². The number of halogens is 1. The molecule has 0 N–H and O–H groups in total. The number of sulfone groups is 1. The Kier molecular flexibility index (Phi) is 5.83. The molecule has 2 aliphatic heterocycles. The van der Waals surface area contributed by atoms with Crippen molar-refractivity contribution in [1.29, 1.82) is 0 Å². The van der Waals surface area contributed by atoms with Gasteiger partial charge in [-0.2, -0.15) is 4.99 Å². The third-order valence-electron chi connectivity index (χ3n) is 5.25. The molecule has 0 aromatic heterocycles. The fraction of sp³-hybridized carbons (Fsp3) is 0.333. The number of anilines is 1. The minimum atomic E-state index is -3.13. The monoisotopic (exact) mass is 464 g/mol. The van der Waals surface area contributed by atoms with E-state index in [1.54, 1.807) is 25.3 Å². The molecule has 0 saturated carbocycles. The van der Waals surface area contributed by atoms with E-state index in [9.17, 15) is 13.2 Å². The number of nitrogens with zero attached hydrogens (tertiary/aromatic N) is 2. The lowest BCUT2D eigenvalue weighted by molar-refractivity contribution is -0.117. The Morgan fingerprint density at radius 2 is 2.03 bits per heavy atom. The van der Waals surface area contributed by atoms with Crippen LogP contribution in [0.25, 0.3) is 0 Å². The second-order valence-corrected chi connectivity index (χ2v) is 11.2. The summed E-state index contributed by atoms with van der Waals surface area (Å²) in [5, 5.41) is 0.904. The fourth-order valence-electron chi connectivity index (χ4n) is 3.85. The van der Waals surface area contributed by atoms with Crippen molar-refractivity contribution in [2.75, 3.05) is 23.5 Å². The van der Waals surface area contributed by atoms with Crippen LogP contribution < -0.4 is 9.64 Å². The number of amides is 1. The van der Waals surface area contributed by atoms with Gasteiger partial charge >= 0.3 is 0 Å². The number of para-hydroxylation sites is 1. The maximum absolute atomic E-state index is 12.8. The summed E-state index contributed by atoms with van der Waals surface area (Å²) in [4.78, 5) is 19.0. The van der Waals surface area contributed by atoms with E-state index >= 15 is 0 Å². The van der Waals surface area contributed by atoms with Crippen molar-refractivity contribution >= 4 is 50.0 Å². The van der Waals surface area contributed by atoms with Crippen molar-refractivity contribution < 1.29 is 17.9 Å². The third-order valence-corrected chi connectivity index (χ3v) is 8.70. The van der Waals surface area contributed by atoms with Crippen molar-refractivity contribution in [2.24, 2.45) is 4.99 Å². The second kappa shape index (κ2) is 8.24. The highest BCUT2D eigenvalue weighted by molar-refractivity contribution is 8.16. The topological polar surface area (TPSA) is 76.0 Å². The lowest BCUT2D eigenvalue weighted by Crippen LogP contribution is -2.38. The summed E-state index contributed by atoms with van der Waals surface area (Å²) in [6.07, 6.45) is 0.101. The highest BCUT2D eigenvalue weighted by Gasteiger charge is 2.49. The van der Waals surface area contributed by atoms with Gasteiger partial charge < -0.3 is 9.64 Å². The van der Waals surface area contributed by atoms with E-state index < -0.39 is 9.84 Å². The molecule has 0 aliphatic carbocycles. The van der Waals surface area contributed by atoms with E-state index in [1.807, 2.05) is 36.1 Å². The van der Waals surface area contributed by atoms with Crippen molar-refractivity contribution in [3.63, 3.8) is 0 Å². The first-order valence-corrected chi connectivity index (χ1v) is 12.5. The average molecular weight is 465 g/mol. The Morgan fingerprint density at radius 3 is 2.80 bits per heavy atom. The van der Waals surface area contributed by atoms with Crippen LogP contribution >= 0.6 is 23.4 Å². The van der Waals surface area contributed by atoms with Crippen LogP contribution in [0.1, 0.15) is 11.1 Å². The van der Waals surface area contributed by atoms with E-state index in [0.29, 0.717) is 15.9 Å². The number of amidine groups is 1. The first-order chi connectivity index (χ1) is 14.3. The van der Waals surface area contributed by atoms with E-state index in [0.717, 1.165) is 16.8 Å². The number of hydrogen-bond acceptors (Lipinski definition) is 5. The maximum atomic E-state index is 12.8. The molecule has 2 aliphatic rings. The first-order valence-electron chi connectivity index (χ1n) is 9.43. The van der Waals surface area contributed by atoms with Gasteiger partial charge in [0.1, 0.15) is 5.75 Å². The molecule has 0 unspecified atom stereocenters. The van der Waals surface area contributed by atoms with Crippen LogP contribution in [-0.2, 0) is 21.1 Å². The fourth-order valence-corrected chi connectivity index (χ4v) is 7.94. The predicted molar refractivity (Wildman–Crippen MR) is 122 cm³/mol. The summed E-state index contributed by atoms with van der Waals surface area (Å²) in [5.74, 6) is 0.444. The van der Waals surface area contributed by atoms with Crippen LogP contribution in [0.3, 0.4) is 0 Å². The minimum absolute atomic E-state index is 0.0380. The predicted octanol–water partition coefficient (Wildman–Crippen LogP) is 3.50. The Morgan fingerprint density at radius 1 is 1.27 bits per heavy atom. The van der Waals surface area contributed by atoms with Gasteiger partial charge in [-0.3, -0.25) is 4.79 Å². The van der Waals surface area contributed by atoms with Crippen LogP contribution in [0.5, 0.6) is 5.75 Å². The second-order valence-electron chi connectivity index (χ2n) is 7.38. The number of methoxy groups -OCH3 is 1. The summed E-state index contributed by atoms with van der Waals surface area (Å²) in [5.41, 5.74) is 2.48. The molecule has 0 radical (unpaired) electrons. The van der Waals surface area contributed by atoms with Gasteiger partial charge in [0.05, 0.1) is 31.1 Å². The summed E-state index contributed by atoms with van der Waals surface area (Å²) >= 11 is 7.57. The highest BCUT2D eigenvalue weighted by Crippen LogP contribution is 2.42. The normalized spacial score (nSPS) is 23.6. The van der Waals surface area contributed by atoms with Crippen molar-refractivity contribution in [3.8, 4) is 5.75 Å². The molecular formula is C21H21ClN2O4S2. The van der Waals surface area contributed by atoms with Gasteiger partial charge in [-0.1, -0.05) is 47.6 Å². The number of carbonyl (C=O) groups is 1. The summed E-state index contributed by atoms with van der Waals surface area (Å²) < 4.78 is 29.8. The molecule has 2 saturated heterocycles. The standard InChI is InChI=1S/C21H21ClN2O4S2/c1-13-7-8-15(22)10-16(13)24-17-11-30(26,27)12-19(17)29-21(24)23-20(25)9-14-5-3-4-6-18(14)28-2/h3-8,10,17,19H,9,11-12H2,1-2H3/t17-,19-/m0/s1. The molecule has 9 heteroatoms. The third kappa shape index (κ3) is 4.22. The smallest absolute Gasteiger partial charge is 0.252 e. The molecule has 158 valence electrons. The number of aliphatic imine (C=N–C) groups is 1. The average Bonchev–Trinajstić information content (AvgIpc) is 3.15. The quantitative estimate of drug-likeness (QED) is 0.689. The molecule has 2 atom stereocenters. The van der Waals surface area contributed by atoms with Crippen LogP contribution in [0.4, 0.5) is 5.69 Å². The van der Waals surface area contributed by atoms with Gasteiger partial charge in [-0.15, -0.1) is 0 Å². The van der Waals surface area contributed by atoms with Crippen LogP contribution in [0.2, 0.25) is 5.02 Å². The van der Waals surface area contributed by atoms with Gasteiger partial charge in [0, 0.05) is 21.5 Å². The van der Waals surface area contributed by atoms with Gasteiger partial charge in [0.25, 0.3) is 5.91 Å². The van der Waals surface area contributed by atoms with E-state index in [2.05, 4.69) is 4.99 Å². The number of carbonyl (C=O) groups excluding carboxylic acids is 1. The maximum Gasteiger partial charge on any atom is 0.252 e. The molecular weight excluding hydrogens is 444 g/mol. The Hall–Kier alpha value is -2.03. The zero-order valence-corrected chi connectivity index (χ0v) is 18.9. The zero-order valence-electron chi connectivity index (χ0n) is 16.5. The minimum Gasteiger partial charge on any atom is -0.496 e. The van der Waals surface area contributed by atoms with E-state index in [4.69, 9.17) is 16.3 Å². The van der Waals surface area contributed by atoms with Gasteiger partial charge in [0.15, 0.2) is 15.0 Å². The lowest BCUT2D eigenvalue weighted by Gasteiger charge is -2.26. The number of thioether (sulfide) groups is 1. The van der Waals surface area contributed by atoms with Crippen molar-refractivity contribution in [2.45, 2.75) is 24.6 Å². The number of fused-ring (bicyclic) bond motifs is 1. The molecule has 30 heavy (non-hydrogen) atoms. The van der Waals surface area contributed by atoms with Gasteiger partial charge in [-0.25, -0.2) is 8.42 Å². The largest absolute Gasteiger partial charge is 0.496 e. The molecule has 6 nitrogen and oxygen atoms in total. The molecule has 2 aromatic carbocycles. The van der Waals surface area contributed by atoms with Crippen molar-refractivity contribution in [3.05, 3.63) is 58.6 Å².